The van der Waals surface area contributed by atoms with Gasteiger partial charge in [-0.3, -0.25) is 4.99 Å². The Hall–Kier alpha value is -0.590. The topological polar surface area (TPSA) is 12.4 Å². The molecule has 0 aromatic heterocycles. The second kappa shape index (κ2) is 2.47. The Labute approximate surface area is 69.2 Å². The van der Waals surface area contributed by atoms with E-state index < -0.39 is 0 Å². The van der Waals surface area contributed by atoms with Crippen molar-refractivity contribution in [1.29, 1.82) is 0 Å². The molecule has 0 aromatic rings. The Bertz CT molecular complexity index is 216. The molecule has 0 fully saturated rings. The zero-order valence-corrected chi connectivity index (χ0v) is 8.10. The van der Waals surface area contributed by atoms with Crippen LogP contribution in [0.3, 0.4) is 0 Å². The van der Waals surface area contributed by atoms with Gasteiger partial charge in [0.05, 0.1) is 6.04 Å². The van der Waals surface area contributed by atoms with E-state index in [4.69, 9.17) is 0 Å². The molecule has 11 heavy (non-hydrogen) atoms. The van der Waals surface area contributed by atoms with Crippen molar-refractivity contribution in [3.05, 3.63) is 11.6 Å². The summed E-state index contributed by atoms with van der Waals surface area (Å²) in [5.74, 6) is 0. The number of allylic oxidation sites excluding steroid dienone is 1. The van der Waals surface area contributed by atoms with Gasteiger partial charge in [-0.1, -0.05) is 26.8 Å². The summed E-state index contributed by atoms with van der Waals surface area (Å²) < 4.78 is 0. The molecule has 62 valence electrons. The van der Waals surface area contributed by atoms with Gasteiger partial charge in [-0.25, -0.2) is 0 Å². The average molecular weight is 151 g/mol. The second-order valence-corrected chi connectivity index (χ2v) is 4.32. The monoisotopic (exact) mass is 151 g/mol. The third kappa shape index (κ3) is 1.70. The van der Waals surface area contributed by atoms with Crippen molar-refractivity contribution in [1.82, 2.24) is 0 Å². The van der Waals surface area contributed by atoms with Gasteiger partial charge in [-0.05, 0) is 19.4 Å². The van der Waals surface area contributed by atoms with Crippen LogP contribution in [0.15, 0.2) is 16.6 Å². The molecular formula is C10H17N. The summed E-state index contributed by atoms with van der Waals surface area (Å²) in [6.07, 6.45) is 2.22. The molecule has 1 rings (SSSR count). The zero-order chi connectivity index (χ0) is 8.65. The SMILES string of the molecule is CC1=CC(C)N=C1C(C)(C)C. The van der Waals surface area contributed by atoms with Gasteiger partial charge in [0.25, 0.3) is 0 Å². The largest absolute Gasteiger partial charge is 0.282 e. The molecular weight excluding hydrogens is 134 g/mol. The first-order valence-corrected chi connectivity index (χ1v) is 4.18. The lowest BCUT2D eigenvalue weighted by molar-refractivity contribution is 0.589. The fraction of sp³-hybridized carbons (Fsp3) is 0.700. The first-order chi connectivity index (χ1) is 4.91. The van der Waals surface area contributed by atoms with Crippen molar-refractivity contribution in [3.8, 4) is 0 Å². The van der Waals surface area contributed by atoms with Crippen LogP contribution in [0.25, 0.3) is 0 Å². The van der Waals surface area contributed by atoms with Crippen molar-refractivity contribution >= 4 is 5.71 Å². The molecule has 1 aliphatic rings. The minimum absolute atomic E-state index is 0.214. The van der Waals surface area contributed by atoms with Gasteiger partial charge in [-0.2, -0.15) is 0 Å². The molecule has 0 aliphatic carbocycles. The number of aliphatic imine (C=N–C) groups is 1. The Morgan fingerprint density at radius 1 is 1.36 bits per heavy atom. The summed E-state index contributed by atoms with van der Waals surface area (Å²) in [6.45, 7) is 10.9. The van der Waals surface area contributed by atoms with E-state index in [1.54, 1.807) is 0 Å². The molecule has 1 nitrogen and oxygen atoms in total. The highest BCUT2D eigenvalue weighted by atomic mass is 14.8. The molecule has 0 aromatic carbocycles. The number of hydrogen-bond donors (Lipinski definition) is 0. The summed E-state index contributed by atoms with van der Waals surface area (Å²) in [5, 5.41) is 0. The summed E-state index contributed by atoms with van der Waals surface area (Å²) in [5.41, 5.74) is 2.83. The highest BCUT2D eigenvalue weighted by molar-refractivity contribution is 6.05. The van der Waals surface area contributed by atoms with Gasteiger partial charge in [0.1, 0.15) is 0 Å². The summed E-state index contributed by atoms with van der Waals surface area (Å²) in [4.78, 5) is 4.56. The molecule has 0 amide bonds. The molecule has 1 heteroatoms. The average Bonchev–Trinajstić information content (AvgIpc) is 2.08. The summed E-state index contributed by atoms with van der Waals surface area (Å²) >= 11 is 0. The lowest BCUT2D eigenvalue weighted by Gasteiger charge is -2.19. The van der Waals surface area contributed by atoms with Crippen LogP contribution in [-0.4, -0.2) is 11.8 Å². The van der Waals surface area contributed by atoms with Crippen molar-refractivity contribution in [3.63, 3.8) is 0 Å². The fourth-order valence-corrected chi connectivity index (χ4v) is 1.57. The normalized spacial score (nSPS) is 25.0. The van der Waals surface area contributed by atoms with Gasteiger partial charge in [0.2, 0.25) is 0 Å². The van der Waals surface area contributed by atoms with E-state index in [0.29, 0.717) is 6.04 Å². The lowest BCUT2D eigenvalue weighted by Crippen LogP contribution is -2.19. The molecule has 1 heterocycles. The van der Waals surface area contributed by atoms with Crippen LogP contribution < -0.4 is 0 Å². The molecule has 0 saturated carbocycles. The Balaban J connectivity index is 2.92. The maximum Gasteiger partial charge on any atom is 0.0661 e. The van der Waals surface area contributed by atoms with E-state index in [2.05, 4.69) is 45.7 Å². The molecule has 0 N–H and O–H groups in total. The standard InChI is InChI=1S/C10H17N/c1-7-6-8(2)11-9(7)10(3,4)5/h6,8H,1-5H3. The zero-order valence-electron chi connectivity index (χ0n) is 8.10. The molecule has 1 aliphatic heterocycles. The van der Waals surface area contributed by atoms with Crippen LogP contribution in [0.2, 0.25) is 0 Å². The molecule has 1 unspecified atom stereocenters. The summed E-state index contributed by atoms with van der Waals surface area (Å²) in [7, 11) is 0. The third-order valence-electron chi connectivity index (χ3n) is 1.91. The highest BCUT2D eigenvalue weighted by Gasteiger charge is 2.24. The Morgan fingerprint density at radius 2 is 1.91 bits per heavy atom. The molecule has 0 spiro atoms. The lowest BCUT2D eigenvalue weighted by atomic mass is 9.87. The van der Waals surface area contributed by atoms with Gasteiger partial charge in [-0.15, -0.1) is 0 Å². The molecule has 1 atom stereocenters. The van der Waals surface area contributed by atoms with Crippen LogP contribution in [0, 0.1) is 5.41 Å². The maximum absolute atomic E-state index is 4.56. The Kier molecular flexibility index (Phi) is 1.91. The van der Waals surface area contributed by atoms with Crippen molar-refractivity contribution in [2.24, 2.45) is 10.4 Å². The quantitative estimate of drug-likeness (QED) is 0.505. The van der Waals surface area contributed by atoms with Crippen LogP contribution in [0.5, 0.6) is 0 Å². The van der Waals surface area contributed by atoms with E-state index >= 15 is 0 Å². The van der Waals surface area contributed by atoms with Crippen LogP contribution in [0.4, 0.5) is 0 Å². The molecule has 0 bridgehead atoms. The van der Waals surface area contributed by atoms with E-state index in [0.717, 1.165) is 0 Å². The Morgan fingerprint density at radius 3 is 2.09 bits per heavy atom. The van der Waals surface area contributed by atoms with Gasteiger partial charge >= 0.3 is 0 Å². The molecule has 0 saturated heterocycles. The predicted octanol–water partition coefficient (Wildman–Crippen LogP) is 2.82. The van der Waals surface area contributed by atoms with E-state index in [1.807, 2.05) is 0 Å². The number of nitrogens with zero attached hydrogens (tertiary/aromatic N) is 1. The predicted molar refractivity (Wildman–Crippen MR) is 50.1 cm³/mol. The van der Waals surface area contributed by atoms with E-state index in [9.17, 15) is 0 Å². The third-order valence-corrected chi connectivity index (χ3v) is 1.91. The van der Waals surface area contributed by atoms with E-state index in [-0.39, 0.29) is 5.41 Å². The van der Waals surface area contributed by atoms with Gasteiger partial charge < -0.3 is 0 Å². The van der Waals surface area contributed by atoms with Gasteiger partial charge in [0.15, 0.2) is 0 Å². The molecule has 0 radical (unpaired) electrons. The van der Waals surface area contributed by atoms with Crippen LogP contribution >= 0.6 is 0 Å². The second-order valence-electron chi connectivity index (χ2n) is 4.32. The highest BCUT2D eigenvalue weighted by Crippen LogP contribution is 2.26. The maximum atomic E-state index is 4.56. The summed E-state index contributed by atoms with van der Waals surface area (Å²) in [6, 6.07) is 0.393. The van der Waals surface area contributed by atoms with Crippen molar-refractivity contribution < 1.29 is 0 Å². The minimum Gasteiger partial charge on any atom is -0.282 e. The smallest absolute Gasteiger partial charge is 0.0661 e. The van der Waals surface area contributed by atoms with Crippen LogP contribution in [0.1, 0.15) is 34.6 Å². The number of rotatable bonds is 0. The van der Waals surface area contributed by atoms with E-state index in [1.165, 1.54) is 11.3 Å². The number of hydrogen-bond acceptors (Lipinski definition) is 1. The minimum atomic E-state index is 0.214. The first-order valence-electron chi connectivity index (χ1n) is 4.18. The first kappa shape index (κ1) is 8.51. The van der Waals surface area contributed by atoms with Gasteiger partial charge in [0, 0.05) is 11.1 Å². The van der Waals surface area contributed by atoms with Crippen molar-refractivity contribution in [2.75, 3.05) is 0 Å². The fourth-order valence-electron chi connectivity index (χ4n) is 1.57. The van der Waals surface area contributed by atoms with Crippen LogP contribution in [-0.2, 0) is 0 Å². The van der Waals surface area contributed by atoms with Crippen molar-refractivity contribution in [2.45, 2.75) is 40.7 Å².